The van der Waals surface area contributed by atoms with Crippen LogP contribution in [0.3, 0.4) is 0 Å². The molecule has 0 bridgehead atoms. The van der Waals surface area contributed by atoms with Crippen LogP contribution >= 0.6 is 0 Å². The molecule has 0 saturated heterocycles. The maximum atomic E-state index is 11.9. The number of hydrogen-bond donors (Lipinski definition) is 4. The van der Waals surface area contributed by atoms with Crippen LogP contribution in [0.1, 0.15) is 42.9 Å². The highest BCUT2D eigenvalue weighted by molar-refractivity contribution is 5.83. The van der Waals surface area contributed by atoms with Crippen molar-refractivity contribution >= 4 is 22.9 Å². The van der Waals surface area contributed by atoms with E-state index >= 15 is 0 Å². The van der Waals surface area contributed by atoms with Crippen molar-refractivity contribution in [1.82, 2.24) is 24.8 Å². The zero-order chi connectivity index (χ0) is 25.1. The van der Waals surface area contributed by atoms with Gasteiger partial charge < -0.3 is 25.4 Å². The Kier molecular flexibility index (Phi) is 6.92. The standard InChI is InChI=1S/C27H30N6O3/c1-2-22(34)32-20-13-21(25(36)24(20)35)33-16-31-23-26(29-15-30-27(23)33)28-14-19(17-9-5-3-6-10-17)18-11-7-4-8-12-18/h3-12,15-16,19-21,24-25,35-36H,2,13-14H2,1H3,(H,32,34)(H,28,29,30)/t20-,21+,24+,25-/m0/s1. The van der Waals surface area contributed by atoms with Crippen molar-refractivity contribution in [2.75, 3.05) is 11.9 Å². The number of fused-ring (bicyclic) bond motifs is 1. The summed E-state index contributed by atoms with van der Waals surface area (Å²) in [6, 6.07) is 19.6. The molecule has 9 heteroatoms. The second-order valence-electron chi connectivity index (χ2n) is 9.11. The molecule has 9 nitrogen and oxygen atoms in total. The molecule has 0 unspecified atom stereocenters. The van der Waals surface area contributed by atoms with Gasteiger partial charge in [0.25, 0.3) is 0 Å². The second-order valence-corrected chi connectivity index (χ2v) is 9.11. The van der Waals surface area contributed by atoms with Gasteiger partial charge in [0.05, 0.1) is 18.4 Å². The molecule has 5 rings (SSSR count). The molecule has 1 amide bonds. The highest BCUT2D eigenvalue weighted by Gasteiger charge is 2.43. The second kappa shape index (κ2) is 10.4. The third-order valence-corrected chi connectivity index (χ3v) is 6.91. The van der Waals surface area contributed by atoms with E-state index in [2.05, 4.69) is 49.9 Å². The number of rotatable bonds is 8. The average Bonchev–Trinajstić information content (AvgIpc) is 3.47. The number of carbonyl (C=O) groups is 1. The fourth-order valence-corrected chi connectivity index (χ4v) is 4.96. The van der Waals surface area contributed by atoms with Crippen LogP contribution in [0.5, 0.6) is 0 Å². The number of nitrogens with one attached hydrogen (secondary N) is 2. The minimum absolute atomic E-state index is 0.106. The smallest absolute Gasteiger partial charge is 0.220 e. The number of imidazole rings is 1. The molecule has 4 atom stereocenters. The van der Waals surface area contributed by atoms with E-state index in [9.17, 15) is 15.0 Å². The van der Waals surface area contributed by atoms with E-state index in [0.29, 0.717) is 36.4 Å². The maximum absolute atomic E-state index is 11.9. The molecule has 1 aliphatic rings. The molecule has 2 aromatic carbocycles. The fourth-order valence-electron chi connectivity index (χ4n) is 4.96. The van der Waals surface area contributed by atoms with Crippen LogP contribution in [-0.2, 0) is 4.79 Å². The van der Waals surface area contributed by atoms with Crippen molar-refractivity contribution < 1.29 is 15.0 Å². The zero-order valence-corrected chi connectivity index (χ0v) is 20.0. The van der Waals surface area contributed by atoms with Gasteiger partial charge in [-0.2, -0.15) is 0 Å². The summed E-state index contributed by atoms with van der Waals surface area (Å²) in [5.74, 6) is 0.538. The van der Waals surface area contributed by atoms with Gasteiger partial charge in [-0.1, -0.05) is 67.6 Å². The number of amides is 1. The van der Waals surface area contributed by atoms with E-state index in [1.165, 1.54) is 17.5 Å². The molecular formula is C27H30N6O3. The van der Waals surface area contributed by atoms with E-state index in [4.69, 9.17) is 0 Å². The average molecular weight is 487 g/mol. The largest absolute Gasteiger partial charge is 0.388 e. The lowest BCUT2D eigenvalue weighted by molar-refractivity contribution is -0.122. The number of aromatic nitrogens is 4. The summed E-state index contributed by atoms with van der Waals surface area (Å²) < 4.78 is 1.76. The Morgan fingerprint density at radius 2 is 1.67 bits per heavy atom. The van der Waals surface area contributed by atoms with Gasteiger partial charge in [-0.15, -0.1) is 0 Å². The number of carbonyl (C=O) groups excluding carboxylic acids is 1. The van der Waals surface area contributed by atoms with Gasteiger partial charge in [-0.25, -0.2) is 15.0 Å². The molecular weight excluding hydrogens is 456 g/mol. The topological polar surface area (TPSA) is 125 Å². The first-order valence-corrected chi connectivity index (χ1v) is 12.2. The van der Waals surface area contributed by atoms with Gasteiger partial charge in [0.1, 0.15) is 24.1 Å². The van der Waals surface area contributed by atoms with Crippen LogP contribution in [0, 0.1) is 0 Å². The van der Waals surface area contributed by atoms with Gasteiger partial charge in [0.2, 0.25) is 5.91 Å². The normalized spacial score (nSPS) is 21.7. The highest BCUT2D eigenvalue weighted by Crippen LogP contribution is 2.34. The number of hydrogen-bond acceptors (Lipinski definition) is 7. The van der Waals surface area contributed by atoms with Crippen molar-refractivity contribution in [3.63, 3.8) is 0 Å². The van der Waals surface area contributed by atoms with Gasteiger partial charge in [-0.3, -0.25) is 4.79 Å². The number of nitrogens with zero attached hydrogens (tertiary/aromatic N) is 4. The van der Waals surface area contributed by atoms with Crippen LogP contribution in [0.25, 0.3) is 11.2 Å². The summed E-state index contributed by atoms with van der Waals surface area (Å²) in [6.45, 7) is 2.35. The summed E-state index contributed by atoms with van der Waals surface area (Å²) in [4.78, 5) is 25.3. The molecule has 0 spiro atoms. The predicted octanol–water partition coefficient (Wildman–Crippen LogP) is 2.63. The van der Waals surface area contributed by atoms with Crippen molar-refractivity contribution in [3.05, 3.63) is 84.4 Å². The molecule has 1 saturated carbocycles. The lowest BCUT2D eigenvalue weighted by Crippen LogP contribution is -2.42. The Morgan fingerprint density at radius 1 is 1.00 bits per heavy atom. The SMILES string of the molecule is CCC(=O)N[C@H]1C[C@@H](n2cnc3c(NCC(c4ccccc4)c4ccccc4)ncnc32)[C@H](O)[C@@H]1O. The first kappa shape index (κ1) is 23.9. The Labute approximate surface area is 209 Å². The van der Waals surface area contributed by atoms with Crippen LogP contribution < -0.4 is 10.6 Å². The molecule has 1 fully saturated rings. The summed E-state index contributed by atoms with van der Waals surface area (Å²) >= 11 is 0. The summed E-state index contributed by atoms with van der Waals surface area (Å²) in [7, 11) is 0. The predicted molar refractivity (Wildman–Crippen MR) is 136 cm³/mol. The minimum Gasteiger partial charge on any atom is -0.388 e. The quantitative estimate of drug-likeness (QED) is 0.302. The van der Waals surface area contributed by atoms with Crippen molar-refractivity contribution in [2.24, 2.45) is 0 Å². The molecule has 0 aliphatic heterocycles. The van der Waals surface area contributed by atoms with Gasteiger partial charge in [0, 0.05) is 18.9 Å². The molecule has 36 heavy (non-hydrogen) atoms. The third kappa shape index (κ3) is 4.67. The lowest BCUT2D eigenvalue weighted by Gasteiger charge is -2.20. The van der Waals surface area contributed by atoms with Gasteiger partial charge in [-0.05, 0) is 17.5 Å². The van der Waals surface area contributed by atoms with Crippen molar-refractivity contribution in [1.29, 1.82) is 0 Å². The van der Waals surface area contributed by atoms with E-state index in [1.807, 2.05) is 36.4 Å². The van der Waals surface area contributed by atoms with Crippen molar-refractivity contribution in [2.45, 2.75) is 50.0 Å². The molecule has 0 radical (unpaired) electrons. The third-order valence-electron chi connectivity index (χ3n) is 6.91. The number of anilines is 1. The highest BCUT2D eigenvalue weighted by atomic mass is 16.3. The number of benzene rings is 2. The van der Waals surface area contributed by atoms with E-state index in [-0.39, 0.29) is 11.8 Å². The van der Waals surface area contributed by atoms with Gasteiger partial charge >= 0.3 is 0 Å². The maximum Gasteiger partial charge on any atom is 0.220 e. The number of aliphatic hydroxyl groups is 2. The zero-order valence-electron chi connectivity index (χ0n) is 20.0. The lowest BCUT2D eigenvalue weighted by atomic mass is 9.91. The Morgan fingerprint density at radius 3 is 2.31 bits per heavy atom. The van der Waals surface area contributed by atoms with Crippen molar-refractivity contribution in [3.8, 4) is 0 Å². The Hall–Kier alpha value is -3.82. The van der Waals surface area contributed by atoms with Crippen LogP contribution in [0.4, 0.5) is 5.82 Å². The monoisotopic (exact) mass is 486 g/mol. The first-order chi connectivity index (χ1) is 17.6. The summed E-state index contributed by atoms with van der Waals surface area (Å²) in [5.41, 5.74) is 3.52. The van der Waals surface area contributed by atoms with E-state index in [0.717, 1.165) is 0 Å². The number of aliphatic hydroxyl groups excluding tert-OH is 2. The van der Waals surface area contributed by atoms with Crippen LogP contribution in [0.15, 0.2) is 73.3 Å². The minimum atomic E-state index is -1.07. The molecule has 1 aliphatic carbocycles. The molecule has 4 N–H and O–H groups in total. The molecule has 2 heterocycles. The van der Waals surface area contributed by atoms with Crippen LogP contribution in [-0.4, -0.2) is 60.4 Å². The Balaban J connectivity index is 1.39. The van der Waals surface area contributed by atoms with E-state index < -0.39 is 24.3 Å². The Bertz CT molecular complexity index is 1270. The first-order valence-electron chi connectivity index (χ1n) is 12.2. The van der Waals surface area contributed by atoms with Gasteiger partial charge in [0.15, 0.2) is 11.5 Å². The molecule has 186 valence electrons. The van der Waals surface area contributed by atoms with Crippen LogP contribution in [0.2, 0.25) is 0 Å². The molecule has 2 aromatic heterocycles. The van der Waals surface area contributed by atoms with E-state index in [1.54, 1.807) is 17.8 Å². The molecule has 4 aromatic rings. The summed E-state index contributed by atoms with van der Waals surface area (Å²) in [6.07, 6.45) is 1.64. The fraction of sp³-hybridized carbons (Fsp3) is 0.333. The summed E-state index contributed by atoms with van der Waals surface area (Å²) in [5, 5.41) is 27.5.